The normalized spacial score (nSPS) is 12.8. The second kappa shape index (κ2) is 9.03. The number of carbonyl (C=O) groups is 3. The van der Waals surface area contributed by atoms with Crippen molar-refractivity contribution in [2.45, 2.75) is 26.3 Å². The fourth-order valence-corrected chi connectivity index (χ4v) is 2.58. The van der Waals surface area contributed by atoms with Gasteiger partial charge in [0.25, 0.3) is 5.91 Å². The van der Waals surface area contributed by atoms with E-state index >= 15 is 0 Å². The molecule has 7 nitrogen and oxygen atoms in total. The monoisotopic (exact) mass is 382 g/mol. The largest absolute Gasteiger partial charge is 0.513 e. The molecule has 1 aliphatic carbocycles. The van der Waals surface area contributed by atoms with Gasteiger partial charge in [-0.25, -0.2) is 4.79 Å². The maximum absolute atomic E-state index is 12.5. The number of hydrogen-bond acceptors (Lipinski definition) is 5. The van der Waals surface area contributed by atoms with Crippen LogP contribution in [0.4, 0.5) is 10.5 Å². The Morgan fingerprint density at radius 3 is 2.43 bits per heavy atom. The van der Waals surface area contributed by atoms with Crippen LogP contribution in [-0.2, 0) is 16.1 Å². The number of nitrogens with one attached hydrogen (secondary N) is 2. The first kappa shape index (κ1) is 19.4. The molecule has 28 heavy (non-hydrogen) atoms. The maximum Gasteiger partial charge on any atom is 0.513 e. The number of hydrogen-bond donors (Lipinski definition) is 2. The second-order valence-corrected chi connectivity index (χ2v) is 6.41. The molecule has 0 heterocycles. The molecular formula is C21H22N2O5. The van der Waals surface area contributed by atoms with Gasteiger partial charge in [0.1, 0.15) is 5.75 Å². The summed E-state index contributed by atoms with van der Waals surface area (Å²) in [6.45, 7) is 2.27. The molecule has 0 spiro atoms. The summed E-state index contributed by atoms with van der Waals surface area (Å²) in [5.74, 6) is 0.178. The number of benzene rings is 2. The van der Waals surface area contributed by atoms with Crippen molar-refractivity contribution in [3.8, 4) is 5.75 Å². The van der Waals surface area contributed by atoms with Gasteiger partial charge in [0.15, 0.2) is 0 Å². The average Bonchev–Trinajstić information content (AvgIpc) is 3.53. The van der Waals surface area contributed by atoms with Crippen LogP contribution in [0, 0.1) is 5.92 Å². The smallest absolute Gasteiger partial charge is 0.434 e. The van der Waals surface area contributed by atoms with Gasteiger partial charge in [-0.05, 0) is 55.7 Å². The van der Waals surface area contributed by atoms with Crippen LogP contribution in [0.1, 0.15) is 35.7 Å². The zero-order valence-electron chi connectivity index (χ0n) is 15.6. The lowest BCUT2D eigenvalue weighted by atomic mass is 10.1. The van der Waals surface area contributed by atoms with E-state index in [0.717, 1.165) is 18.4 Å². The van der Waals surface area contributed by atoms with E-state index in [1.807, 2.05) is 18.2 Å². The number of ether oxygens (including phenoxy) is 2. The van der Waals surface area contributed by atoms with Crippen LogP contribution in [-0.4, -0.2) is 24.6 Å². The Hall–Kier alpha value is -3.35. The first-order valence-corrected chi connectivity index (χ1v) is 9.18. The molecule has 2 amide bonds. The van der Waals surface area contributed by atoms with Crippen LogP contribution in [0.5, 0.6) is 5.75 Å². The van der Waals surface area contributed by atoms with E-state index in [1.54, 1.807) is 25.1 Å². The highest BCUT2D eigenvalue weighted by Crippen LogP contribution is 2.29. The predicted octanol–water partition coefficient (Wildman–Crippen LogP) is 3.50. The summed E-state index contributed by atoms with van der Waals surface area (Å²) in [6.07, 6.45) is 1.10. The first-order valence-electron chi connectivity index (χ1n) is 9.18. The van der Waals surface area contributed by atoms with E-state index in [0.29, 0.717) is 17.8 Å². The van der Waals surface area contributed by atoms with Crippen molar-refractivity contribution in [1.82, 2.24) is 5.32 Å². The van der Waals surface area contributed by atoms with E-state index in [9.17, 15) is 14.4 Å². The molecular weight excluding hydrogens is 360 g/mol. The van der Waals surface area contributed by atoms with Gasteiger partial charge in [-0.15, -0.1) is 0 Å². The maximum atomic E-state index is 12.5. The third kappa shape index (κ3) is 5.33. The van der Waals surface area contributed by atoms with Gasteiger partial charge in [0, 0.05) is 23.7 Å². The third-order valence-corrected chi connectivity index (χ3v) is 4.25. The highest BCUT2D eigenvalue weighted by Gasteiger charge is 2.29. The van der Waals surface area contributed by atoms with Crippen molar-refractivity contribution < 1.29 is 23.9 Å². The molecule has 1 saturated carbocycles. The summed E-state index contributed by atoms with van der Waals surface area (Å²) in [5.41, 5.74) is 1.87. The van der Waals surface area contributed by atoms with E-state index < -0.39 is 6.16 Å². The van der Waals surface area contributed by atoms with Crippen LogP contribution >= 0.6 is 0 Å². The van der Waals surface area contributed by atoms with Gasteiger partial charge < -0.3 is 20.1 Å². The van der Waals surface area contributed by atoms with E-state index in [4.69, 9.17) is 9.47 Å². The Kier molecular flexibility index (Phi) is 6.26. The van der Waals surface area contributed by atoms with Crippen LogP contribution < -0.4 is 15.4 Å². The number of anilines is 1. The summed E-state index contributed by atoms with van der Waals surface area (Å²) in [4.78, 5) is 35.7. The number of carbonyl (C=O) groups excluding carboxylic acids is 3. The van der Waals surface area contributed by atoms with Crippen molar-refractivity contribution in [3.63, 3.8) is 0 Å². The number of rotatable bonds is 7. The summed E-state index contributed by atoms with van der Waals surface area (Å²) in [6, 6.07) is 13.5. The molecule has 0 aliphatic heterocycles. The SMILES string of the molecule is CCOC(=O)Oc1ccc(C(=O)Nc2ccccc2CNC(=O)C2CC2)cc1. The molecule has 0 radical (unpaired) electrons. The molecule has 3 rings (SSSR count). The molecule has 0 saturated heterocycles. The summed E-state index contributed by atoms with van der Waals surface area (Å²) >= 11 is 0. The molecule has 2 aromatic rings. The van der Waals surface area contributed by atoms with Gasteiger partial charge in [-0.1, -0.05) is 18.2 Å². The fraction of sp³-hybridized carbons (Fsp3) is 0.286. The van der Waals surface area contributed by atoms with Crippen molar-refractivity contribution in [1.29, 1.82) is 0 Å². The van der Waals surface area contributed by atoms with Gasteiger partial charge in [-0.2, -0.15) is 0 Å². The average molecular weight is 382 g/mol. The van der Waals surface area contributed by atoms with Gasteiger partial charge in [0.05, 0.1) is 6.61 Å². The first-order chi connectivity index (χ1) is 13.6. The summed E-state index contributed by atoms with van der Waals surface area (Å²) in [7, 11) is 0. The number of para-hydroxylation sites is 1. The minimum absolute atomic E-state index is 0.0540. The lowest BCUT2D eigenvalue weighted by Gasteiger charge is -2.12. The number of amides is 2. The highest BCUT2D eigenvalue weighted by molar-refractivity contribution is 6.04. The minimum atomic E-state index is -0.790. The minimum Gasteiger partial charge on any atom is -0.434 e. The molecule has 146 valence electrons. The Bertz CT molecular complexity index is 859. The molecule has 0 bridgehead atoms. The van der Waals surface area contributed by atoms with E-state index in [1.165, 1.54) is 12.1 Å². The van der Waals surface area contributed by atoms with Crippen molar-refractivity contribution >= 4 is 23.7 Å². The molecule has 0 aromatic heterocycles. The van der Waals surface area contributed by atoms with E-state index in [-0.39, 0.29) is 30.1 Å². The Morgan fingerprint density at radius 1 is 1.04 bits per heavy atom. The molecule has 0 atom stereocenters. The molecule has 2 N–H and O–H groups in total. The molecule has 7 heteroatoms. The summed E-state index contributed by atoms with van der Waals surface area (Å²) in [5, 5.41) is 5.75. The Morgan fingerprint density at radius 2 is 1.75 bits per heavy atom. The lowest BCUT2D eigenvalue weighted by Crippen LogP contribution is -2.25. The topological polar surface area (TPSA) is 93.7 Å². The van der Waals surface area contributed by atoms with Gasteiger partial charge >= 0.3 is 6.16 Å². The van der Waals surface area contributed by atoms with E-state index in [2.05, 4.69) is 10.6 Å². The summed E-state index contributed by atoms with van der Waals surface area (Å²) < 4.78 is 9.68. The van der Waals surface area contributed by atoms with Crippen molar-refractivity contribution in [2.24, 2.45) is 5.92 Å². The molecule has 0 unspecified atom stereocenters. The Balaban J connectivity index is 1.61. The van der Waals surface area contributed by atoms with Crippen LogP contribution in [0.3, 0.4) is 0 Å². The quantitative estimate of drug-likeness (QED) is 0.565. The van der Waals surface area contributed by atoms with Crippen LogP contribution in [0.25, 0.3) is 0 Å². The van der Waals surface area contributed by atoms with Gasteiger partial charge in [0.2, 0.25) is 5.91 Å². The molecule has 1 fully saturated rings. The van der Waals surface area contributed by atoms with Crippen molar-refractivity contribution in [2.75, 3.05) is 11.9 Å². The molecule has 2 aromatic carbocycles. The fourth-order valence-electron chi connectivity index (χ4n) is 2.58. The second-order valence-electron chi connectivity index (χ2n) is 6.41. The zero-order valence-corrected chi connectivity index (χ0v) is 15.6. The zero-order chi connectivity index (χ0) is 19.9. The van der Waals surface area contributed by atoms with Crippen LogP contribution in [0.2, 0.25) is 0 Å². The highest BCUT2D eigenvalue weighted by atomic mass is 16.7. The van der Waals surface area contributed by atoms with Crippen molar-refractivity contribution in [3.05, 3.63) is 59.7 Å². The predicted molar refractivity (Wildman–Crippen MR) is 103 cm³/mol. The van der Waals surface area contributed by atoms with Gasteiger partial charge in [-0.3, -0.25) is 9.59 Å². The third-order valence-electron chi connectivity index (χ3n) is 4.25. The Labute approximate surface area is 163 Å². The standard InChI is InChI=1S/C21H22N2O5/c1-2-27-21(26)28-17-11-9-15(10-12-17)20(25)23-18-6-4-3-5-16(18)13-22-19(24)14-7-8-14/h3-6,9-12,14H,2,7-8,13H2,1H3,(H,22,24)(H,23,25). The molecule has 1 aliphatic rings. The lowest BCUT2D eigenvalue weighted by molar-refractivity contribution is -0.122. The van der Waals surface area contributed by atoms with Crippen LogP contribution in [0.15, 0.2) is 48.5 Å².